The van der Waals surface area contributed by atoms with E-state index >= 15 is 0 Å². The summed E-state index contributed by atoms with van der Waals surface area (Å²) >= 11 is 3.09. The number of benzene rings is 1. The Labute approximate surface area is 172 Å². The highest BCUT2D eigenvalue weighted by Crippen LogP contribution is 2.37. The molecule has 2 aromatic heterocycles. The number of thioether (sulfide) groups is 1. The van der Waals surface area contributed by atoms with Crippen molar-refractivity contribution in [2.24, 2.45) is 0 Å². The predicted molar refractivity (Wildman–Crippen MR) is 114 cm³/mol. The Kier molecular flexibility index (Phi) is 7.36. The Balaban J connectivity index is 1.63. The molecule has 0 unspecified atom stereocenters. The molecule has 0 fully saturated rings. The van der Waals surface area contributed by atoms with Gasteiger partial charge in [0.05, 0.1) is 5.39 Å². The summed E-state index contributed by atoms with van der Waals surface area (Å²) in [7, 11) is 4.04. The van der Waals surface area contributed by atoms with Crippen LogP contribution in [0.3, 0.4) is 0 Å². The van der Waals surface area contributed by atoms with Crippen LogP contribution in [-0.2, 0) is 4.79 Å². The zero-order valence-corrected chi connectivity index (χ0v) is 17.6. The number of nitrogens with one attached hydrogen (secondary N) is 1. The second kappa shape index (κ2) is 9.95. The number of carbonyl (C=O) groups is 1. The lowest BCUT2D eigenvalue weighted by Gasteiger charge is -2.10. The van der Waals surface area contributed by atoms with Gasteiger partial charge in [0, 0.05) is 29.7 Å². The van der Waals surface area contributed by atoms with Gasteiger partial charge in [-0.2, -0.15) is 0 Å². The Morgan fingerprint density at radius 2 is 2.04 bits per heavy atom. The van der Waals surface area contributed by atoms with Crippen LogP contribution in [0.4, 0.5) is 4.39 Å². The zero-order chi connectivity index (χ0) is 19.9. The zero-order valence-electron chi connectivity index (χ0n) is 15.9. The smallest absolute Gasteiger partial charge is 0.220 e. The van der Waals surface area contributed by atoms with Crippen LogP contribution in [0, 0.1) is 5.82 Å². The third-order valence-electron chi connectivity index (χ3n) is 4.16. The fourth-order valence-corrected chi connectivity index (χ4v) is 4.68. The van der Waals surface area contributed by atoms with Crippen molar-refractivity contribution >= 4 is 39.2 Å². The minimum atomic E-state index is -0.259. The van der Waals surface area contributed by atoms with Crippen molar-refractivity contribution in [1.29, 1.82) is 0 Å². The second-order valence-corrected chi connectivity index (χ2v) is 8.56. The van der Waals surface area contributed by atoms with Gasteiger partial charge in [0.2, 0.25) is 5.91 Å². The molecule has 0 saturated carbocycles. The first-order valence-corrected chi connectivity index (χ1v) is 10.9. The second-order valence-electron chi connectivity index (χ2n) is 6.62. The van der Waals surface area contributed by atoms with Crippen molar-refractivity contribution < 1.29 is 9.18 Å². The van der Waals surface area contributed by atoms with Gasteiger partial charge in [0.15, 0.2) is 0 Å². The van der Waals surface area contributed by atoms with E-state index in [1.165, 1.54) is 12.1 Å². The number of amides is 1. The minimum Gasteiger partial charge on any atom is -0.356 e. The summed E-state index contributed by atoms with van der Waals surface area (Å²) in [6, 6.07) is 6.44. The fourth-order valence-electron chi connectivity index (χ4n) is 2.75. The van der Waals surface area contributed by atoms with Gasteiger partial charge < -0.3 is 10.2 Å². The van der Waals surface area contributed by atoms with Crippen molar-refractivity contribution in [2.75, 3.05) is 32.9 Å². The summed E-state index contributed by atoms with van der Waals surface area (Å²) < 4.78 is 13.2. The summed E-state index contributed by atoms with van der Waals surface area (Å²) in [5.74, 6) is 0.441. The molecule has 0 saturated heterocycles. The third-order valence-corrected chi connectivity index (χ3v) is 6.04. The number of thiophene rings is 1. The topological polar surface area (TPSA) is 58.1 Å². The van der Waals surface area contributed by atoms with Crippen LogP contribution in [0.25, 0.3) is 21.3 Å². The van der Waals surface area contributed by atoms with Gasteiger partial charge in [-0.25, -0.2) is 14.4 Å². The van der Waals surface area contributed by atoms with E-state index < -0.39 is 0 Å². The van der Waals surface area contributed by atoms with Crippen LogP contribution in [0.2, 0.25) is 0 Å². The molecular formula is C20H23FN4OS2. The molecule has 2 heterocycles. The number of hydrogen-bond acceptors (Lipinski definition) is 6. The standard InChI is InChI=1S/C20H23FN4OS2/c1-25(2)10-3-9-22-17(26)8-11-27-19-18-16(12-28-20(18)24-13-23-19)14-4-6-15(21)7-5-14/h4-7,12-13H,3,8-11H2,1-2H3,(H,22,26). The van der Waals surface area contributed by atoms with Crippen LogP contribution in [0.1, 0.15) is 12.8 Å². The van der Waals surface area contributed by atoms with E-state index in [0.717, 1.165) is 39.3 Å². The molecule has 0 aliphatic rings. The molecule has 148 valence electrons. The van der Waals surface area contributed by atoms with E-state index in [0.29, 0.717) is 18.7 Å². The van der Waals surface area contributed by atoms with Crippen molar-refractivity contribution in [2.45, 2.75) is 17.9 Å². The molecule has 1 aromatic carbocycles. The van der Waals surface area contributed by atoms with E-state index in [1.807, 2.05) is 19.5 Å². The van der Waals surface area contributed by atoms with Crippen molar-refractivity contribution in [3.63, 3.8) is 0 Å². The fraction of sp³-hybridized carbons (Fsp3) is 0.350. The molecule has 28 heavy (non-hydrogen) atoms. The van der Waals surface area contributed by atoms with Gasteiger partial charge in [0.1, 0.15) is 22.0 Å². The largest absolute Gasteiger partial charge is 0.356 e. The van der Waals surface area contributed by atoms with E-state index in [1.54, 1.807) is 41.6 Å². The van der Waals surface area contributed by atoms with E-state index in [-0.39, 0.29) is 11.7 Å². The molecule has 0 radical (unpaired) electrons. The van der Waals surface area contributed by atoms with Crippen molar-refractivity contribution in [1.82, 2.24) is 20.2 Å². The highest BCUT2D eigenvalue weighted by Gasteiger charge is 2.14. The summed E-state index contributed by atoms with van der Waals surface area (Å²) in [6.07, 6.45) is 2.93. The Hall–Kier alpha value is -2.03. The summed E-state index contributed by atoms with van der Waals surface area (Å²) in [5.41, 5.74) is 1.93. The summed E-state index contributed by atoms with van der Waals surface area (Å²) in [5, 5.41) is 6.80. The third kappa shape index (κ3) is 5.50. The Morgan fingerprint density at radius 1 is 1.25 bits per heavy atom. The lowest BCUT2D eigenvalue weighted by molar-refractivity contribution is -0.120. The molecule has 0 bridgehead atoms. The highest BCUT2D eigenvalue weighted by molar-refractivity contribution is 7.99. The maximum absolute atomic E-state index is 13.2. The average Bonchev–Trinajstić information content (AvgIpc) is 3.11. The van der Waals surface area contributed by atoms with Gasteiger partial charge >= 0.3 is 0 Å². The average molecular weight is 419 g/mol. The van der Waals surface area contributed by atoms with Crippen LogP contribution in [-0.4, -0.2) is 53.7 Å². The van der Waals surface area contributed by atoms with Crippen LogP contribution < -0.4 is 5.32 Å². The molecule has 0 spiro atoms. The van der Waals surface area contributed by atoms with Gasteiger partial charge in [-0.3, -0.25) is 4.79 Å². The number of aromatic nitrogens is 2. The van der Waals surface area contributed by atoms with Gasteiger partial charge in [-0.1, -0.05) is 12.1 Å². The molecule has 3 rings (SSSR count). The van der Waals surface area contributed by atoms with Gasteiger partial charge in [0.25, 0.3) is 0 Å². The first-order valence-electron chi connectivity index (χ1n) is 9.07. The molecule has 1 N–H and O–H groups in total. The monoisotopic (exact) mass is 418 g/mol. The molecule has 5 nitrogen and oxygen atoms in total. The molecular weight excluding hydrogens is 395 g/mol. The normalized spacial score (nSPS) is 11.3. The number of hydrogen-bond donors (Lipinski definition) is 1. The maximum Gasteiger partial charge on any atom is 0.220 e. The molecule has 0 atom stereocenters. The van der Waals surface area contributed by atoms with Gasteiger partial charge in [-0.05, 0) is 44.8 Å². The number of nitrogens with zero attached hydrogens (tertiary/aromatic N) is 3. The molecule has 1 amide bonds. The summed E-state index contributed by atoms with van der Waals surface area (Å²) in [4.78, 5) is 23.8. The van der Waals surface area contributed by atoms with Crippen molar-refractivity contribution in [3.8, 4) is 11.1 Å². The minimum absolute atomic E-state index is 0.0561. The lowest BCUT2D eigenvalue weighted by Crippen LogP contribution is -2.27. The molecule has 0 aliphatic heterocycles. The molecule has 8 heteroatoms. The molecule has 3 aromatic rings. The first-order chi connectivity index (χ1) is 13.5. The van der Waals surface area contributed by atoms with Crippen LogP contribution in [0.5, 0.6) is 0 Å². The number of fused-ring (bicyclic) bond motifs is 1. The molecule has 0 aliphatic carbocycles. The lowest BCUT2D eigenvalue weighted by atomic mass is 10.1. The SMILES string of the molecule is CN(C)CCCNC(=O)CCSc1ncnc2scc(-c3ccc(F)cc3)c12. The van der Waals surface area contributed by atoms with Crippen LogP contribution in [0.15, 0.2) is 41.0 Å². The predicted octanol–water partition coefficient (Wildman–Crippen LogP) is 4.05. The van der Waals surface area contributed by atoms with E-state index in [4.69, 9.17) is 0 Å². The first kappa shape index (κ1) is 20.7. The maximum atomic E-state index is 13.2. The summed E-state index contributed by atoms with van der Waals surface area (Å²) in [6.45, 7) is 1.65. The van der Waals surface area contributed by atoms with E-state index in [2.05, 4.69) is 20.2 Å². The quantitative estimate of drug-likeness (QED) is 0.323. The van der Waals surface area contributed by atoms with Gasteiger partial charge in [-0.15, -0.1) is 23.1 Å². The van der Waals surface area contributed by atoms with Crippen molar-refractivity contribution in [3.05, 3.63) is 41.8 Å². The van der Waals surface area contributed by atoms with E-state index in [9.17, 15) is 9.18 Å². The highest BCUT2D eigenvalue weighted by atomic mass is 32.2. The number of rotatable bonds is 9. The Bertz CT molecular complexity index is 928. The van der Waals surface area contributed by atoms with Crippen LogP contribution >= 0.6 is 23.1 Å². The number of carbonyl (C=O) groups excluding carboxylic acids is 1. The Morgan fingerprint density at radius 3 is 2.79 bits per heavy atom. The number of halogens is 1.